The summed E-state index contributed by atoms with van der Waals surface area (Å²) in [5.41, 5.74) is 14.1. The Morgan fingerprint density at radius 2 is 1.65 bits per heavy atom. The molecule has 0 aromatic heterocycles. The second-order valence-electron chi connectivity index (χ2n) is 5.17. The standard InChI is InChI=1S/C16H18FN3/c17-14-9-5-4-8-12(14)15-13(16(18)20-19-15)10-11-6-2-1-3-7-11/h1-9,13,15-16,19-20H,10,18H2. The smallest absolute Gasteiger partial charge is 0.128 e. The SMILES string of the molecule is NC1NNC(c2ccccc2F)C1Cc1ccccc1. The molecule has 1 aliphatic heterocycles. The fourth-order valence-electron chi connectivity index (χ4n) is 2.77. The molecule has 3 unspecified atom stereocenters. The maximum Gasteiger partial charge on any atom is 0.128 e. The van der Waals surface area contributed by atoms with Crippen LogP contribution >= 0.6 is 0 Å². The topological polar surface area (TPSA) is 50.1 Å². The Balaban J connectivity index is 1.86. The Kier molecular flexibility index (Phi) is 3.78. The molecule has 3 nitrogen and oxygen atoms in total. The van der Waals surface area contributed by atoms with Gasteiger partial charge < -0.3 is 5.73 Å². The fourth-order valence-corrected chi connectivity index (χ4v) is 2.77. The summed E-state index contributed by atoms with van der Waals surface area (Å²) in [7, 11) is 0. The maximum atomic E-state index is 14.0. The van der Waals surface area contributed by atoms with E-state index >= 15 is 0 Å². The number of halogens is 1. The summed E-state index contributed by atoms with van der Waals surface area (Å²) in [5.74, 6) is -0.0896. The Morgan fingerprint density at radius 3 is 2.40 bits per heavy atom. The van der Waals surface area contributed by atoms with Gasteiger partial charge in [-0.05, 0) is 18.1 Å². The van der Waals surface area contributed by atoms with Gasteiger partial charge in [0.1, 0.15) is 5.82 Å². The van der Waals surface area contributed by atoms with Gasteiger partial charge in [0, 0.05) is 11.5 Å². The molecule has 0 radical (unpaired) electrons. The number of benzene rings is 2. The molecule has 0 amide bonds. The summed E-state index contributed by atoms with van der Waals surface area (Å²) >= 11 is 0. The second-order valence-corrected chi connectivity index (χ2v) is 5.17. The number of hydrogen-bond acceptors (Lipinski definition) is 3. The van der Waals surface area contributed by atoms with E-state index in [1.54, 1.807) is 6.07 Å². The molecule has 1 saturated heterocycles. The van der Waals surface area contributed by atoms with E-state index in [1.807, 2.05) is 30.3 Å². The summed E-state index contributed by atoms with van der Waals surface area (Å²) in [6.07, 6.45) is 0.612. The van der Waals surface area contributed by atoms with Crippen molar-refractivity contribution in [1.29, 1.82) is 0 Å². The van der Waals surface area contributed by atoms with E-state index in [0.717, 1.165) is 6.42 Å². The largest absolute Gasteiger partial charge is 0.315 e. The van der Waals surface area contributed by atoms with Gasteiger partial charge in [0.2, 0.25) is 0 Å². The Morgan fingerprint density at radius 1 is 0.950 bits per heavy atom. The van der Waals surface area contributed by atoms with Gasteiger partial charge in [0.15, 0.2) is 0 Å². The van der Waals surface area contributed by atoms with Crippen molar-refractivity contribution in [3.8, 4) is 0 Å². The molecule has 3 atom stereocenters. The molecule has 0 bridgehead atoms. The summed E-state index contributed by atoms with van der Waals surface area (Å²) in [6.45, 7) is 0. The first kappa shape index (κ1) is 13.2. The molecule has 1 fully saturated rings. The highest BCUT2D eigenvalue weighted by molar-refractivity contribution is 5.25. The summed E-state index contributed by atoms with van der Waals surface area (Å²) < 4.78 is 14.0. The van der Waals surface area contributed by atoms with Crippen LogP contribution in [0.1, 0.15) is 17.2 Å². The van der Waals surface area contributed by atoms with Crippen LogP contribution in [0.15, 0.2) is 54.6 Å². The number of hydrazine groups is 1. The predicted molar refractivity (Wildman–Crippen MR) is 77.0 cm³/mol. The minimum absolute atomic E-state index is 0.106. The van der Waals surface area contributed by atoms with Crippen molar-refractivity contribution in [2.75, 3.05) is 0 Å². The summed E-state index contributed by atoms with van der Waals surface area (Å²) in [5, 5.41) is 0. The van der Waals surface area contributed by atoms with Crippen molar-refractivity contribution in [3.05, 3.63) is 71.5 Å². The molecular weight excluding hydrogens is 253 g/mol. The van der Waals surface area contributed by atoms with Crippen LogP contribution in [0.2, 0.25) is 0 Å². The van der Waals surface area contributed by atoms with Crippen molar-refractivity contribution < 1.29 is 4.39 Å². The molecule has 0 spiro atoms. The highest BCUT2D eigenvalue weighted by atomic mass is 19.1. The Hall–Kier alpha value is -1.75. The summed E-state index contributed by atoms with van der Waals surface area (Å²) in [6, 6.07) is 16.9. The van der Waals surface area contributed by atoms with E-state index in [4.69, 9.17) is 5.73 Å². The van der Waals surface area contributed by atoms with Crippen LogP contribution in [0, 0.1) is 11.7 Å². The van der Waals surface area contributed by atoms with Crippen molar-refractivity contribution in [2.45, 2.75) is 18.6 Å². The third-order valence-electron chi connectivity index (χ3n) is 3.85. The molecule has 4 N–H and O–H groups in total. The zero-order valence-electron chi connectivity index (χ0n) is 11.1. The molecule has 3 rings (SSSR count). The van der Waals surface area contributed by atoms with Crippen molar-refractivity contribution >= 4 is 0 Å². The minimum atomic E-state index is -0.195. The van der Waals surface area contributed by atoms with Crippen LogP contribution in [0.3, 0.4) is 0 Å². The van der Waals surface area contributed by atoms with Crippen LogP contribution in [0.5, 0.6) is 0 Å². The lowest BCUT2D eigenvalue weighted by atomic mass is 9.87. The number of nitrogens with two attached hydrogens (primary N) is 1. The molecule has 104 valence electrons. The highest BCUT2D eigenvalue weighted by Crippen LogP contribution is 2.31. The molecule has 2 aromatic rings. The van der Waals surface area contributed by atoms with E-state index in [-0.39, 0.29) is 23.9 Å². The summed E-state index contributed by atoms with van der Waals surface area (Å²) in [4.78, 5) is 0. The van der Waals surface area contributed by atoms with Gasteiger partial charge in [-0.2, -0.15) is 0 Å². The zero-order valence-corrected chi connectivity index (χ0v) is 11.1. The number of rotatable bonds is 3. The van der Waals surface area contributed by atoms with Crippen LogP contribution in [0.4, 0.5) is 4.39 Å². The number of hydrogen-bond donors (Lipinski definition) is 3. The fraction of sp³-hybridized carbons (Fsp3) is 0.250. The predicted octanol–water partition coefficient (Wildman–Crippen LogP) is 2.12. The highest BCUT2D eigenvalue weighted by Gasteiger charge is 2.35. The van der Waals surface area contributed by atoms with Gasteiger partial charge in [-0.3, -0.25) is 0 Å². The first-order valence-electron chi connectivity index (χ1n) is 6.80. The first-order valence-corrected chi connectivity index (χ1v) is 6.80. The quantitative estimate of drug-likeness (QED) is 0.801. The van der Waals surface area contributed by atoms with E-state index in [0.29, 0.717) is 5.56 Å². The lowest BCUT2D eigenvalue weighted by Crippen LogP contribution is -2.39. The van der Waals surface area contributed by atoms with Crippen molar-refractivity contribution in [1.82, 2.24) is 10.9 Å². The average Bonchev–Trinajstić information content (AvgIpc) is 2.82. The minimum Gasteiger partial charge on any atom is -0.315 e. The maximum absolute atomic E-state index is 14.0. The Labute approximate surface area is 118 Å². The van der Waals surface area contributed by atoms with Crippen molar-refractivity contribution in [3.63, 3.8) is 0 Å². The molecule has 1 heterocycles. The molecule has 20 heavy (non-hydrogen) atoms. The normalized spacial score (nSPS) is 25.8. The average molecular weight is 271 g/mol. The van der Waals surface area contributed by atoms with E-state index < -0.39 is 0 Å². The first-order chi connectivity index (χ1) is 9.75. The lowest BCUT2D eigenvalue weighted by Gasteiger charge is -2.21. The molecule has 2 aromatic carbocycles. The van der Waals surface area contributed by atoms with Gasteiger partial charge in [-0.1, -0.05) is 48.5 Å². The van der Waals surface area contributed by atoms with Gasteiger partial charge in [-0.25, -0.2) is 15.2 Å². The van der Waals surface area contributed by atoms with Gasteiger partial charge in [-0.15, -0.1) is 0 Å². The second kappa shape index (κ2) is 5.71. The van der Waals surface area contributed by atoms with Gasteiger partial charge >= 0.3 is 0 Å². The van der Waals surface area contributed by atoms with E-state index in [1.165, 1.54) is 11.6 Å². The third-order valence-corrected chi connectivity index (χ3v) is 3.85. The molecule has 1 aliphatic rings. The molecule has 4 heteroatoms. The molecule has 0 aliphatic carbocycles. The third kappa shape index (κ3) is 2.58. The van der Waals surface area contributed by atoms with Crippen LogP contribution in [-0.2, 0) is 6.42 Å². The Bertz CT molecular complexity index is 573. The monoisotopic (exact) mass is 271 g/mol. The van der Waals surface area contributed by atoms with Gasteiger partial charge in [0.25, 0.3) is 0 Å². The molecule has 0 saturated carbocycles. The van der Waals surface area contributed by atoms with E-state index in [9.17, 15) is 4.39 Å². The zero-order chi connectivity index (χ0) is 13.9. The molecular formula is C16H18FN3. The number of nitrogens with one attached hydrogen (secondary N) is 2. The lowest BCUT2D eigenvalue weighted by molar-refractivity contribution is 0.410. The van der Waals surface area contributed by atoms with Gasteiger partial charge in [0.05, 0.1) is 12.2 Å². The van der Waals surface area contributed by atoms with Crippen molar-refractivity contribution in [2.24, 2.45) is 11.7 Å². The van der Waals surface area contributed by atoms with Crippen LogP contribution in [-0.4, -0.2) is 6.17 Å². The van der Waals surface area contributed by atoms with Crippen LogP contribution in [0.25, 0.3) is 0 Å². The van der Waals surface area contributed by atoms with E-state index in [2.05, 4.69) is 23.0 Å². The van der Waals surface area contributed by atoms with Crippen LogP contribution < -0.4 is 16.6 Å².